The van der Waals surface area contributed by atoms with Gasteiger partial charge < -0.3 is 10.1 Å². The average Bonchev–Trinajstić information content (AvgIpc) is 3.31. The molecule has 1 aliphatic heterocycles. The van der Waals surface area contributed by atoms with Crippen molar-refractivity contribution in [2.75, 3.05) is 16.9 Å². The van der Waals surface area contributed by atoms with Gasteiger partial charge in [0.2, 0.25) is 5.95 Å². The molecule has 0 spiro atoms. The molecule has 11 heteroatoms. The Bertz CT molecular complexity index is 976. The van der Waals surface area contributed by atoms with Crippen molar-refractivity contribution in [3.05, 3.63) is 41.3 Å². The normalized spacial score (nSPS) is 12.6. The van der Waals surface area contributed by atoms with Crippen molar-refractivity contribution in [1.82, 2.24) is 25.1 Å². The number of halogens is 4. The molecule has 0 fully saturated rings. The minimum atomic E-state index is -4.51. The number of ether oxygens (including phenoxy) is 1. The second-order valence-corrected chi connectivity index (χ2v) is 5.68. The topological polar surface area (TPSA) is 88.6 Å². The minimum Gasteiger partial charge on any atom is -0.487 e. The Labute approximate surface area is 172 Å². The van der Waals surface area contributed by atoms with E-state index in [1.54, 1.807) is 6.92 Å². The van der Waals surface area contributed by atoms with Crippen molar-refractivity contribution < 1.29 is 17.9 Å². The van der Waals surface area contributed by atoms with Crippen molar-refractivity contribution in [3.8, 4) is 17.1 Å². The summed E-state index contributed by atoms with van der Waals surface area (Å²) in [6.45, 7) is 2.11. The Balaban J connectivity index is 0.00000109. The number of hydrogen-bond donors (Lipinski definition) is 2. The molecule has 0 unspecified atom stereocenters. The van der Waals surface area contributed by atoms with E-state index in [0.29, 0.717) is 30.3 Å². The van der Waals surface area contributed by atoms with Gasteiger partial charge in [-0.3, -0.25) is 5.10 Å². The number of nitrogens with zero attached hydrogens (tertiary/aromatic N) is 4. The monoisotopic (exact) mass is 504 g/mol. The summed E-state index contributed by atoms with van der Waals surface area (Å²) < 4.78 is 45.5. The lowest BCUT2D eigenvalue weighted by molar-refractivity contribution is -0.137. The van der Waals surface area contributed by atoms with Crippen molar-refractivity contribution >= 4 is 34.4 Å². The second-order valence-electron chi connectivity index (χ2n) is 5.68. The van der Waals surface area contributed by atoms with Crippen LogP contribution in [0.25, 0.3) is 11.4 Å². The highest BCUT2D eigenvalue weighted by Gasteiger charge is 2.34. The number of aromatic amines is 1. The lowest BCUT2D eigenvalue weighted by Gasteiger charge is -2.14. The fourth-order valence-electron chi connectivity index (χ4n) is 2.70. The van der Waals surface area contributed by atoms with Crippen LogP contribution in [0.1, 0.15) is 17.1 Å². The zero-order valence-corrected chi connectivity index (χ0v) is 17.1. The van der Waals surface area contributed by atoms with E-state index in [9.17, 15) is 13.2 Å². The number of nitrogens with one attached hydrogen (secondary N) is 2. The number of aryl methyl sites for hydroxylation is 1. The molecule has 1 aliphatic rings. The lowest BCUT2D eigenvalue weighted by atomic mass is 10.1. The van der Waals surface area contributed by atoms with E-state index in [0.717, 1.165) is 6.07 Å². The second kappa shape index (κ2) is 8.29. The van der Waals surface area contributed by atoms with Crippen LogP contribution in [0.15, 0.2) is 24.3 Å². The summed E-state index contributed by atoms with van der Waals surface area (Å²) in [4.78, 5) is 14.6. The molecule has 2 aromatic heterocycles. The quantitative estimate of drug-likeness (QED) is 0.408. The highest BCUT2D eigenvalue weighted by molar-refractivity contribution is 14.1. The maximum absolute atomic E-state index is 13.3. The van der Waals surface area contributed by atoms with E-state index in [1.807, 2.05) is 4.93 Å². The molecule has 28 heavy (non-hydrogen) atoms. The number of hydrogen-bond acceptors (Lipinski definition) is 6. The lowest BCUT2D eigenvalue weighted by Crippen LogP contribution is -2.09. The molecule has 3 aromatic rings. The van der Waals surface area contributed by atoms with Gasteiger partial charge >= 0.3 is 6.18 Å². The summed E-state index contributed by atoms with van der Waals surface area (Å²) in [6.07, 6.45) is -4.02. The molecular formula is C17H16F3IN6O. The van der Waals surface area contributed by atoms with Gasteiger partial charge in [0.25, 0.3) is 0 Å². The Morgan fingerprint density at radius 2 is 1.89 bits per heavy atom. The molecule has 0 atom stereocenters. The van der Waals surface area contributed by atoms with Crippen LogP contribution >= 0.6 is 22.6 Å². The number of fused-ring (bicyclic) bond motifs is 1. The predicted molar refractivity (Wildman–Crippen MR) is 106 cm³/mol. The third kappa shape index (κ3) is 4.18. The van der Waals surface area contributed by atoms with Gasteiger partial charge in [-0.2, -0.15) is 18.2 Å². The predicted octanol–water partition coefficient (Wildman–Crippen LogP) is 4.32. The standard InChI is InChI=1S/C16H13F3N6O.CH3I/c1-8-20-15(25-24-8)23-14-12-11(6-7-26-12)21-13(22-14)9-4-2-3-5-10(9)16(17,18)19;1-2/h2-5H,6-7H2,1H3,(H2,20,21,22,23,24,25);1H3. The molecule has 0 amide bonds. The van der Waals surface area contributed by atoms with Crippen LogP contribution in [-0.4, -0.2) is 36.7 Å². The molecule has 0 aliphatic carbocycles. The molecule has 3 heterocycles. The number of rotatable bonds is 3. The van der Waals surface area contributed by atoms with Crippen LogP contribution in [-0.2, 0) is 12.6 Å². The van der Waals surface area contributed by atoms with E-state index in [4.69, 9.17) is 4.74 Å². The first kappa shape index (κ1) is 20.3. The first-order valence-electron chi connectivity index (χ1n) is 8.16. The van der Waals surface area contributed by atoms with Crippen LogP contribution < -0.4 is 10.1 Å². The van der Waals surface area contributed by atoms with E-state index in [-0.39, 0.29) is 23.2 Å². The van der Waals surface area contributed by atoms with Crippen LogP contribution in [0.5, 0.6) is 5.75 Å². The summed E-state index contributed by atoms with van der Waals surface area (Å²) >= 11 is 2.15. The first-order valence-corrected chi connectivity index (χ1v) is 10.3. The Morgan fingerprint density at radius 1 is 1.14 bits per heavy atom. The van der Waals surface area contributed by atoms with E-state index in [1.165, 1.54) is 18.2 Å². The zero-order valence-electron chi connectivity index (χ0n) is 14.9. The molecule has 0 saturated heterocycles. The first-order chi connectivity index (χ1) is 13.4. The van der Waals surface area contributed by atoms with Gasteiger partial charge in [-0.25, -0.2) is 9.97 Å². The van der Waals surface area contributed by atoms with Crippen LogP contribution in [0.4, 0.5) is 24.9 Å². The fourth-order valence-corrected chi connectivity index (χ4v) is 2.70. The highest BCUT2D eigenvalue weighted by atomic mass is 127. The van der Waals surface area contributed by atoms with Crippen LogP contribution in [0.3, 0.4) is 0 Å². The van der Waals surface area contributed by atoms with Gasteiger partial charge in [-0.05, 0) is 17.9 Å². The van der Waals surface area contributed by atoms with Gasteiger partial charge in [-0.15, -0.1) is 5.10 Å². The molecule has 2 N–H and O–H groups in total. The molecule has 4 rings (SSSR count). The van der Waals surface area contributed by atoms with Gasteiger partial charge in [0.05, 0.1) is 17.9 Å². The molecular weight excluding hydrogens is 488 g/mol. The molecule has 7 nitrogen and oxygen atoms in total. The van der Waals surface area contributed by atoms with Gasteiger partial charge in [0.1, 0.15) is 5.82 Å². The maximum Gasteiger partial charge on any atom is 0.417 e. The Kier molecular flexibility index (Phi) is 6.01. The molecule has 148 valence electrons. The minimum absolute atomic E-state index is 0.0306. The SMILES string of the molecule is CI.Cc1nc(Nc2nc(-c3ccccc3C(F)(F)F)nc3c2OCC3)n[nH]1. The Morgan fingerprint density at radius 3 is 2.57 bits per heavy atom. The summed E-state index contributed by atoms with van der Waals surface area (Å²) in [6, 6.07) is 5.21. The van der Waals surface area contributed by atoms with Crippen molar-refractivity contribution in [1.29, 1.82) is 0 Å². The number of benzene rings is 1. The number of anilines is 2. The molecule has 0 saturated carbocycles. The van der Waals surface area contributed by atoms with Gasteiger partial charge in [0, 0.05) is 12.0 Å². The zero-order chi connectivity index (χ0) is 20.3. The summed E-state index contributed by atoms with van der Waals surface area (Å²) in [7, 11) is 0. The van der Waals surface area contributed by atoms with Gasteiger partial charge in [-0.1, -0.05) is 40.8 Å². The Hall–Kier alpha value is -2.44. The average molecular weight is 504 g/mol. The van der Waals surface area contributed by atoms with Crippen molar-refractivity contribution in [3.63, 3.8) is 0 Å². The van der Waals surface area contributed by atoms with Gasteiger partial charge in [0.15, 0.2) is 17.4 Å². The third-order valence-corrected chi connectivity index (χ3v) is 3.82. The number of alkyl halides is 4. The van der Waals surface area contributed by atoms with E-state index >= 15 is 0 Å². The third-order valence-electron chi connectivity index (χ3n) is 3.82. The van der Waals surface area contributed by atoms with E-state index in [2.05, 4.69) is 53.1 Å². The largest absolute Gasteiger partial charge is 0.487 e. The van der Waals surface area contributed by atoms with Crippen molar-refractivity contribution in [2.24, 2.45) is 0 Å². The summed E-state index contributed by atoms with van der Waals surface area (Å²) in [5.41, 5.74) is -0.343. The summed E-state index contributed by atoms with van der Waals surface area (Å²) in [5.74, 6) is 1.44. The highest BCUT2D eigenvalue weighted by Crippen LogP contribution is 2.39. The number of aromatic nitrogens is 5. The van der Waals surface area contributed by atoms with Crippen LogP contribution in [0, 0.1) is 6.92 Å². The smallest absolute Gasteiger partial charge is 0.417 e. The fraction of sp³-hybridized carbons (Fsp3) is 0.294. The van der Waals surface area contributed by atoms with E-state index < -0.39 is 11.7 Å². The number of H-pyrrole nitrogens is 1. The molecule has 0 bridgehead atoms. The maximum atomic E-state index is 13.3. The summed E-state index contributed by atoms with van der Waals surface area (Å²) in [5, 5.41) is 9.51. The van der Waals surface area contributed by atoms with Crippen molar-refractivity contribution in [2.45, 2.75) is 19.5 Å². The molecule has 0 radical (unpaired) electrons. The van der Waals surface area contributed by atoms with Crippen LogP contribution in [0.2, 0.25) is 0 Å². The molecule has 1 aromatic carbocycles.